The summed E-state index contributed by atoms with van der Waals surface area (Å²) in [6.45, 7) is 6.52. The third-order valence-corrected chi connectivity index (χ3v) is 4.85. The minimum absolute atomic E-state index is 0.222. The molecule has 2 aliphatic heterocycles. The van der Waals surface area contributed by atoms with Crippen molar-refractivity contribution in [1.82, 2.24) is 9.80 Å². The summed E-state index contributed by atoms with van der Waals surface area (Å²) in [4.78, 5) is 7.14. The molecular weight excluding hydrogens is 274 g/mol. The molecule has 0 radical (unpaired) electrons. The molecule has 2 fully saturated rings. The largest absolute Gasteiger partial charge is 0.391 e. The number of hydrogen-bond acceptors (Lipinski definition) is 4. The molecule has 0 amide bonds. The topological polar surface area (TPSA) is 30.0 Å². The number of benzene rings is 1. The molecule has 2 aliphatic rings. The highest BCUT2D eigenvalue weighted by atomic mass is 16.3. The second-order valence-corrected chi connectivity index (χ2v) is 6.22. The average molecular weight is 299 g/mol. The number of likely N-dealkylation sites (tertiary alicyclic amines) is 1. The van der Waals surface area contributed by atoms with Crippen LogP contribution in [0.15, 0.2) is 30.3 Å². The Kier molecular flexibility index (Phi) is 4.99. The second kappa shape index (κ2) is 7.15. The molecule has 2 atom stereocenters. The third-order valence-electron chi connectivity index (χ3n) is 4.85. The lowest BCUT2D eigenvalue weighted by Crippen LogP contribution is -2.59. The number of hydrogen-bond donors (Lipinski definition) is 1. The maximum Gasteiger partial charge on any atom is 0.0720 e. The fourth-order valence-electron chi connectivity index (χ4n) is 3.57. The Bertz CT molecular complexity index is 505. The van der Waals surface area contributed by atoms with Gasteiger partial charge in [-0.3, -0.25) is 9.80 Å². The number of piperazine rings is 1. The lowest BCUT2D eigenvalue weighted by atomic mass is 9.99. The lowest BCUT2D eigenvalue weighted by Gasteiger charge is -2.45. The molecule has 2 saturated heterocycles. The quantitative estimate of drug-likeness (QED) is 0.839. The first-order chi connectivity index (χ1) is 10.8. The SMILES string of the molecule is C#CCN1CCC(O)C(N2CCN(c3ccccc3)CC2)C1. The van der Waals surface area contributed by atoms with Gasteiger partial charge in [-0.15, -0.1) is 6.42 Å². The van der Waals surface area contributed by atoms with E-state index in [-0.39, 0.29) is 12.1 Å². The molecule has 4 heteroatoms. The normalized spacial score (nSPS) is 27.5. The summed E-state index contributed by atoms with van der Waals surface area (Å²) in [6, 6.07) is 10.8. The highest BCUT2D eigenvalue weighted by molar-refractivity contribution is 5.46. The van der Waals surface area contributed by atoms with Crippen molar-refractivity contribution < 1.29 is 5.11 Å². The van der Waals surface area contributed by atoms with Crippen LogP contribution < -0.4 is 4.90 Å². The van der Waals surface area contributed by atoms with E-state index in [0.717, 1.165) is 45.7 Å². The highest BCUT2D eigenvalue weighted by Gasteiger charge is 2.33. The van der Waals surface area contributed by atoms with Crippen molar-refractivity contribution in [2.24, 2.45) is 0 Å². The molecule has 0 spiro atoms. The number of para-hydroxylation sites is 1. The Hall–Kier alpha value is -1.54. The van der Waals surface area contributed by atoms with E-state index in [4.69, 9.17) is 6.42 Å². The summed E-state index contributed by atoms with van der Waals surface area (Å²) in [5, 5.41) is 10.4. The molecule has 2 heterocycles. The van der Waals surface area contributed by atoms with Crippen molar-refractivity contribution in [2.75, 3.05) is 50.7 Å². The number of terminal acetylenes is 1. The molecule has 1 aromatic rings. The zero-order valence-electron chi connectivity index (χ0n) is 13.1. The van der Waals surface area contributed by atoms with Crippen molar-refractivity contribution in [2.45, 2.75) is 18.6 Å². The van der Waals surface area contributed by atoms with E-state index in [2.05, 4.69) is 51.0 Å². The summed E-state index contributed by atoms with van der Waals surface area (Å²) in [6.07, 6.45) is 6.03. The van der Waals surface area contributed by atoms with Gasteiger partial charge in [0, 0.05) is 51.0 Å². The van der Waals surface area contributed by atoms with Gasteiger partial charge in [0.1, 0.15) is 0 Å². The molecule has 1 N–H and O–H groups in total. The number of nitrogens with zero attached hydrogens (tertiary/aromatic N) is 3. The van der Waals surface area contributed by atoms with Crippen LogP contribution in [0.4, 0.5) is 5.69 Å². The third kappa shape index (κ3) is 3.44. The lowest BCUT2D eigenvalue weighted by molar-refractivity contribution is -0.0100. The Morgan fingerprint density at radius 2 is 1.82 bits per heavy atom. The molecule has 0 aliphatic carbocycles. The fraction of sp³-hybridized carbons (Fsp3) is 0.556. The molecule has 2 unspecified atom stereocenters. The Balaban J connectivity index is 1.57. The van der Waals surface area contributed by atoms with Gasteiger partial charge in [-0.1, -0.05) is 24.1 Å². The average Bonchev–Trinajstić information content (AvgIpc) is 2.58. The Morgan fingerprint density at radius 1 is 1.09 bits per heavy atom. The first-order valence-corrected chi connectivity index (χ1v) is 8.16. The van der Waals surface area contributed by atoms with E-state index in [1.165, 1.54) is 5.69 Å². The van der Waals surface area contributed by atoms with E-state index in [1.54, 1.807) is 0 Å². The van der Waals surface area contributed by atoms with Crippen LogP contribution in [0.2, 0.25) is 0 Å². The molecular formula is C18H25N3O. The number of piperidine rings is 1. The van der Waals surface area contributed by atoms with Gasteiger partial charge in [-0.2, -0.15) is 0 Å². The van der Waals surface area contributed by atoms with E-state index in [0.29, 0.717) is 6.54 Å². The highest BCUT2D eigenvalue weighted by Crippen LogP contribution is 2.21. The van der Waals surface area contributed by atoms with Crippen LogP contribution in [-0.2, 0) is 0 Å². The molecule has 1 aromatic carbocycles. The van der Waals surface area contributed by atoms with Crippen LogP contribution in [0.25, 0.3) is 0 Å². The van der Waals surface area contributed by atoms with Crippen LogP contribution in [0.3, 0.4) is 0 Å². The van der Waals surface area contributed by atoms with Crippen molar-refractivity contribution in [3.05, 3.63) is 30.3 Å². The van der Waals surface area contributed by atoms with Crippen molar-refractivity contribution in [3.8, 4) is 12.3 Å². The Morgan fingerprint density at radius 3 is 2.50 bits per heavy atom. The van der Waals surface area contributed by atoms with Crippen LogP contribution in [0.1, 0.15) is 6.42 Å². The van der Waals surface area contributed by atoms with Gasteiger partial charge < -0.3 is 10.0 Å². The number of aliphatic hydroxyl groups excluding tert-OH is 1. The first-order valence-electron chi connectivity index (χ1n) is 8.16. The van der Waals surface area contributed by atoms with Gasteiger partial charge in [-0.25, -0.2) is 0 Å². The van der Waals surface area contributed by atoms with Gasteiger partial charge in [0.05, 0.1) is 12.6 Å². The predicted molar refractivity (Wildman–Crippen MR) is 89.9 cm³/mol. The summed E-state index contributed by atoms with van der Waals surface area (Å²) < 4.78 is 0. The van der Waals surface area contributed by atoms with Crippen LogP contribution >= 0.6 is 0 Å². The van der Waals surface area contributed by atoms with E-state index in [1.807, 2.05) is 0 Å². The maximum absolute atomic E-state index is 10.4. The summed E-state index contributed by atoms with van der Waals surface area (Å²) in [5.74, 6) is 2.72. The Labute approximate surface area is 133 Å². The number of aliphatic hydroxyl groups is 1. The molecule has 0 bridgehead atoms. The van der Waals surface area contributed by atoms with Gasteiger partial charge in [0.25, 0.3) is 0 Å². The minimum atomic E-state index is -0.225. The second-order valence-electron chi connectivity index (χ2n) is 6.22. The minimum Gasteiger partial charge on any atom is -0.391 e. The van der Waals surface area contributed by atoms with Gasteiger partial charge in [-0.05, 0) is 18.6 Å². The molecule has 0 aromatic heterocycles. The van der Waals surface area contributed by atoms with Crippen molar-refractivity contribution in [1.29, 1.82) is 0 Å². The van der Waals surface area contributed by atoms with Crippen LogP contribution in [-0.4, -0.2) is 72.9 Å². The fourth-order valence-corrected chi connectivity index (χ4v) is 3.57. The molecule has 0 saturated carbocycles. The van der Waals surface area contributed by atoms with Crippen LogP contribution in [0, 0.1) is 12.3 Å². The van der Waals surface area contributed by atoms with Gasteiger partial charge in [0.2, 0.25) is 0 Å². The van der Waals surface area contributed by atoms with Crippen molar-refractivity contribution in [3.63, 3.8) is 0 Å². The molecule has 4 nitrogen and oxygen atoms in total. The molecule has 3 rings (SSSR count). The zero-order chi connectivity index (χ0) is 15.4. The zero-order valence-corrected chi connectivity index (χ0v) is 13.1. The summed E-state index contributed by atoms with van der Waals surface area (Å²) >= 11 is 0. The summed E-state index contributed by atoms with van der Waals surface area (Å²) in [7, 11) is 0. The maximum atomic E-state index is 10.4. The van der Waals surface area contributed by atoms with Crippen molar-refractivity contribution >= 4 is 5.69 Å². The standard InChI is InChI=1S/C18H25N3O/c1-2-9-19-10-8-18(22)17(15-19)21-13-11-20(12-14-21)16-6-4-3-5-7-16/h1,3-7,17-18,22H,8-15H2. The van der Waals surface area contributed by atoms with Gasteiger partial charge >= 0.3 is 0 Å². The number of rotatable bonds is 3. The van der Waals surface area contributed by atoms with Gasteiger partial charge in [0.15, 0.2) is 0 Å². The van der Waals surface area contributed by atoms with E-state index >= 15 is 0 Å². The smallest absolute Gasteiger partial charge is 0.0720 e. The monoisotopic (exact) mass is 299 g/mol. The van der Waals surface area contributed by atoms with E-state index < -0.39 is 0 Å². The predicted octanol–water partition coefficient (Wildman–Crippen LogP) is 0.877. The summed E-state index contributed by atoms with van der Waals surface area (Å²) in [5.41, 5.74) is 1.29. The molecule has 22 heavy (non-hydrogen) atoms. The molecule has 118 valence electrons. The first kappa shape index (κ1) is 15.4. The number of anilines is 1. The van der Waals surface area contributed by atoms with E-state index in [9.17, 15) is 5.11 Å². The van der Waals surface area contributed by atoms with Crippen LogP contribution in [0.5, 0.6) is 0 Å².